The number of hydrogen-bond acceptors (Lipinski definition) is 7. The summed E-state index contributed by atoms with van der Waals surface area (Å²) >= 11 is 0. The van der Waals surface area contributed by atoms with Crippen LogP contribution in [0, 0.1) is 5.82 Å². The molecule has 12 heteroatoms. The second-order valence-electron chi connectivity index (χ2n) is 13.6. The highest BCUT2D eigenvalue weighted by molar-refractivity contribution is 5.92. The van der Waals surface area contributed by atoms with E-state index in [9.17, 15) is 18.8 Å². The second-order valence-corrected chi connectivity index (χ2v) is 13.6. The van der Waals surface area contributed by atoms with Crippen molar-refractivity contribution < 1.29 is 13.9 Å². The Labute approximate surface area is 288 Å². The molecule has 1 aliphatic carbocycles. The van der Waals surface area contributed by atoms with Gasteiger partial charge in [-0.2, -0.15) is 0 Å². The smallest absolute Gasteiger partial charge is 0.337 e. The molecule has 5 aromatic rings. The molecule has 1 saturated carbocycles. The van der Waals surface area contributed by atoms with E-state index >= 15 is 0 Å². The third-order valence-corrected chi connectivity index (χ3v) is 10.3. The molecule has 2 aromatic carbocycles. The Bertz CT molecular complexity index is 2140. The minimum Gasteiger partial charge on any atom is -0.379 e. The summed E-state index contributed by atoms with van der Waals surface area (Å²) in [5, 5.41) is 3.16. The van der Waals surface area contributed by atoms with E-state index in [0.717, 1.165) is 87.9 Å². The van der Waals surface area contributed by atoms with Crippen molar-refractivity contribution in [3.63, 3.8) is 0 Å². The first kappa shape index (κ1) is 32.3. The topological polar surface area (TPSA) is 116 Å². The van der Waals surface area contributed by atoms with Gasteiger partial charge in [-0.3, -0.25) is 19.1 Å². The lowest BCUT2D eigenvalue weighted by molar-refractivity contribution is 0.0342. The summed E-state index contributed by atoms with van der Waals surface area (Å²) in [5.74, 6) is 0.101. The van der Waals surface area contributed by atoms with E-state index in [4.69, 9.17) is 4.74 Å². The molecule has 8 rings (SSSR count). The average Bonchev–Trinajstić information content (AvgIpc) is 3.59. The van der Waals surface area contributed by atoms with E-state index in [1.807, 2.05) is 24.4 Å². The van der Waals surface area contributed by atoms with Gasteiger partial charge in [0.05, 0.1) is 30.5 Å². The molecule has 0 radical (unpaired) electrons. The summed E-state index contributed by atoms with van der Waals surface area (Å²) in [6.07, 6.45) is 8.09. The third kappa shape index (κ3) is 6.40. The van der Waals surface area contributed by atoms with Crippen LogP contribution in [0.3, 0.4) is 0 Å². The summed E-state index contributed by atoms with van der Waals surface area (Å²) < 4.78 is 24.7. The molecule has 258 valence electrons. The first-order valence-corrected chi connectivity index (χ1v) is 17.6. The van der Waals surface area contributed by atoms with Crippen molar-refractivity contribution in [2.75, 3.05) is 26.3 Å². The Morgan fingerprint density at radius 1 is 0.940 bits per heavy atom. The van der Waals surface area contributed by atoms with Crippen molar-refractivity contribution in [1.82, 2.24) is 33.9 Å². The van der Waals surface area contributed by atoms with Crippen molar-refractivity contribution in [2.45, 2.75) is 70.1 Å². The predicted molar refractivity (Wildman–Crippen MR) is 187 cm³/mol. The van der Waals surface area contributed by atoms with Gasteiger partial charge < -0.3 is 14.6 Å². The molecule has 0 spiro atoms. The number of amides is 1. The fourth-order valence-corrected chi connectivity index (χ4v) is 7.64. The molecule has 0 unspecified atom stereocenters. The van der Waals surface area contributed by atoms with Crippen LogP contribution in [-0.4, -0.2) is 66.8 Å². The van der Waals surface area contributed by atoms with Gasteiger partial charge in [0.1, 0.15) is 17.3 Å². The van der Waals surface area contributed by atoms with Gasteiger partial charge >= 0.3 is 5.69 Å². The second kappa shape index (κ2) is 13.8. The Balaban J connectivity index is 1.05. The maximum absolute atomic E-state index is 14.5. The summed E-state index contributed by atoms with van der Waals surface area (Å²) in [5.41, 5.74) is 3.09. The Morgan fingerprint density at radius 2 is 1.74 bits per heavy atom. The molecule has 3 aromatic heterocycles. The highest BCUT2D eigenvalue weighted by Gasteiger charge is 2.29. The highest BCUT2D eigenvalue weighted by atomic mass is 19.1. The van der Waals surface area contributed by atoms with E-state index in [1.165, 1.54) is 14.7 Å². The molecule has 5 heterocycles. The average molecular weight is 678 g/mol. The minimum atomic E-state index is -0.648. The summed E-state index contributed by atoms with van der Waals surface area (Å²) in [4.78, 5) is 52.4. The maximum atomic E-state index is 14.5. The van der Waals surface area contributed by atoms with Gasteiger partial charge in [0, 0.05) is 50.9 Å². The van der Waals surface area contributed by atoms with Crippen LogP contribution in [0.2, 0.25) is 0 Å². The van der Waals surface area contributed by atoms with Crippen molar-refractivity contribution in [3.8, 4) is 16.8 Å². The number of nitrogens with one attached hydrogen (secondary N) is 1. The van der Waals surface area contributed by atoms with Crippen LogP contribution in [0.4, 0.5) is 4.39 Å². The first-order valence-electron chi connectivity index (χ1n) is 17.6. The molecular formula is C38H40FN7O4. The number of imidazole rings is 1. The van der Waals surface area contributed by atoms with Crippen LogP contribution in [0.5, 0.6) is 0 Å². The zero-order valence-corrected chi connectivity index (χ0v) is 27.9. The zero-order valence-electron chi connectivity index (χ0n) is 27.9. The zero-order chi connectivity index (χ0) is 34.2. The predicted octanol–water partition coefficient (Wildman–Crippen LogP) is 4.63. The number of morpholine rings is 1. The number of hydrogen-bond donors (Lipinski definition) is 1. The van der Waals surface area contributed by atoms with Gasteiger partial charge in [0.15, 0.2) is 5.65 Å². The van der Waals surface area contributed by atoms with Gasteiger partial charge in [-0.1, -0.05) is 36.4 Å². The first-order chi connectivity index (χ1) is 24.4. The normalized spacial score (nSPS) is 19.7. The van der Waals surface area contributed by atoms with Gasteiger partial charge in [0.2, 0.25) is 0 Å². The lowest BCUT2D eigenvalue weighted by Gasteiger charge is -2.30. The molecule has 3 aliphatic rings. The molecule has 1 N–H and O–H groups in total. The number of aryl methyl sites for hydroxylation is 2. The highest BCUT2D eigenvalue weighted by Crippen LogP contribution is 2.29. The van der Waals surface area contributed by atoms with E-state index in [0.29, 0.717) is 37.1 Å². The van der Waals surface area contributed by atoms with Crippen molar-refractivity contribution in [2.24, 2.45) is 0 Å². The number of rotatable bonds is 7. The van der Waals surface area contributed by atoms with Gasteiger partial charge in [-0.25, -0.2) is 23.7 Å². The molecule has 0 bridgehead atoms. The SMILES string of the molecule is O=C(NC1CCC(n2c(=O)c3cc(F)cnc3n(-c3cccc(-c4ccc(CN5CCOCC5)cc4)c3)c2=O)CC1)c1cn2c(n1)CCCC2. The largest absolute Gasteiger partial charge is 0.379 e. The van der Waals surface area contributed by atoms with Gasteiger partial charge in [0.25, 0.3) is 11.5 Å². The number of halogens is 1. The van der Waals surface area contributed by atoms with Crippen LogP contribution >= 0.6 is 0 Å². The van der Waals surface area contributed by atoms with E-state index in [1.54, 1.807) is 6.07 Å². The molecule has 11 nitrogen and oxygen atoms in total. The minimum absolute atomic E-state index is 0.0432. The molecule has 0 atom stereocenters. The third-order valence-electron chi connectivity index (χ3n) is 10.3. The summed E-state index contributed by atoms with van der Waals surface area (Å²) in [7, 11) is 0. The lowest BCUT2D eigenvalue weighted by Crippen LogP contribution is -2.45. The molecule has 1 saturated heterocycles. The number of ether oxygens (including phenoxy) is 1. The molecule has 1 amide bonds. The van der Waals surface area contributed by atoms with E-state index in [2.05, 4.69) is 49.0 Å². The van der Waals surface area contributed by atoms with E-state index in [-0.39, 0.29) is 23.0 Å². The van der Waals surface area contributed by atoms with Gasteiger partial charge in [-0.15, -0.1) is 0 Å². The van der Waals surface area contributed by atoms with Crippen LogP contribution in [-0.2, 0) is 24.2 Å². The van der Waals surface area contributed by atoms with Gasteiger partial charge in [-0.05, 0) is 73.4 Å². The van der Waals surface area contributed by atoms with Crippen molar-refractivity contribution in [3.05, 3.63) is 111 Å². The fourth-order valence-electron chi connectivity index (χ4n) is 7.64. The Hall–Kier alpha value is -4.94. The standard InChI is InChI=1S/C38H40FN7O4/c39-28-21-32-35(40-22-28)45(31-5-3-4-27(20-31)26-9-7-25(8-10-26)23-43-16-18-50-19-17-43)38(49)46(37(32)48)30-13-11-29(12-14-30)41-36(47)33-24-44-15-2-1-6-34(44)42-33/h3-5,7-10,20-22,24,29-30H,1-2,6,11-19,23H2,(H,41,47). The molecule has 2 aliphatic heterocycles. The molecule has 2 fully saturated rings. The van der Waals surface area contributed by atoms with Crippen LogP contribution in [0.15, 0.2) is 76.6 Å². The summed E-state index contributed by atoms with van der Waals surface area (Å²) in [6.45, 7) is 5.07. The number of benzene rings is 2. The monoisotopic (exact) mass is 677 g/mol. The van der Waals surface area contributed by atoms with Crippen molar-refractivity contribution >= 4 is 16.9 Å². The number of pyridine rings is 1. The lowest BCUT2D eigenvalue weighted by atomic mass is 9.90. The quantitative estimate of drug-likeness (QED) is 0.267. The summed E-state index contributed by atoms with van der Waals surface area (Å²) in [6, 6.07) is 16.6. The number of carbonyl (C=O) groups excluding carboxylic acids is 1. The molecular weight excluding hydrogens is 637 g/mol. The van der Waals surface area contributed by atoms with Crippen LogP contribution in [0.25, 0.3) is 27.8 Å². The number of aromatic nitrogens is 5. The Kier molecular flexibility index (Phi) is 8.88. The number of carbonyl (C=O) groups is 1. The van der Waals surface area contributed by atoms with Crippen LogP contribution < -0.4 is 16.6 Å². The van der Waals surface area contributed by atoms with Crippen molar-refractivity contribution in [1.29, 1.82) is 0 Å². The number of nitrogens with zero attached hydrogens (tertiary/aromatic N) is 6. The van der Waals surface area contributed by atoms with Crippen LogP contribution in [0.1, 0.15) is 66.4 Å². The number of fused-ring (bicyclic) bond motifs is 2. The van der Waals surface area contributed by atoms with E-state index < -0.39 is 23.1 Å². The molecule has 50 heavy (non-hydrogen) atoms. The maximum Gasteiger partial charge on any atom is 0.337 e. The fraction of sp³-hybridized carbons (Fsp3) is 0.395. The Morgan fingerprint density at radius 3 is 2.52 bits per heavy atom.